The molecule has 45 heavy (non-hydrogen) atoms. The lowest BCUT2D eigenvalue weighted by atomic mass is 9.90. The quantitative estimate of drug-likeness (QED) is 0.205. The summed E-state index contributed by atoms with van der Waals surface area (Å²) in [6.07, 6.45) is 0. The molecule has 3 nitrogen and oxygen atoms in total. The smallest absolute Gasteiger partial charge is 0.135 e. The van der Waals surface area contributed by atoms with Crippen LogP contribution in [-0.2, 0) is 0 Å². The summed E-state index contributed by atoms with van der Waals surface area (Å²) in [5, 5.41) is 4.76. The maximum Gasteiger partial charge on any atom is 0.135 e. The normalized spacial score (nSPS) is 12.4. The van der Waals surface area contributed by atoms with Gasteiger partial charge in [0.2, 0.25) is 0 Å². The molecule has 2 aromatic heterocycles. The van der Waals surface area contributed by atoms with E-state index in [1.807, 2.05) is 12.1 Å². The van der Waals surface area contributed by atoms with Crippen molar-refractivity contribution >= 4 is 60.8 Å². The molecule has 210 valence electrons. The first-order valence-electron chi connectivity index (χ1n) is 15.4. The van der Waals surface area contributed by atoms with E-state index in [2.05, 4.69) is 155 Å². The number of rotatable bonds is 2. The molecule has 9 aromatic rings. The summed E-state index contributed by atoms with van der Waals surface area (Å²) >= 11 is 0. The molecule has 3 heterocycles. The summed E-state index contributed by atoms with van der Waals surface area (Å²) < 4.78 is 8.61. The Labute approximate surface area is 259 Å². The minimum absolute atomic E-state index is 0.904. The van der Waals surface area contributed by atoms with Gasteiger partial charge in [0.25, 0.3) is 0 Å². The van der Waals surface area contributed by atoms with Gasteiger partial charge in [-0.3, -0.25) is 0 Å². The minimum atomic E-state index is 0.904. The highest BCUT2D eigenvalue weighted by atomic mass is 16.3. The van der Waals surface area contributed by atoms with Crippen LogP contribution in [0.15, 0.2) is 162 Å². The Morgan fingerprint density at radius 1 is 0.400 bits per heavy atom. The van der Waals surface area contributed by atoms with Crippen LogP contribution in [0.25, 0.3) is 71.7 Å². The van der Waals surface area contributed by atoms with Crippen molar-refractivity contribution in [3.8, 4) is 27.9 Å². The molecule has 0 radical (unpaired) electrons. The van der Waals surface area contributed by atoms with Gasteiger partial charge in [0.05, 0.1) is 22.4 Å². The molecule has 0 saturated carbocycles. The molecule has 0 amide bonds. The molecular formula is C42H26N2O. The predicted octanol–water partition coefficient (Wildman–Crippen LogP) is 11.8. The zero-order chi connectivity index (χ0) is 29.5. The summed E-state index contributed by atoms with van der Waals surface area (Å²) in [6.45, 7) is 0. The second kappa shape index (κ2) is 9.22. The monoisotopic (exact) mass is 574 g/mol. The fourth-order valence-corrected chi connectivity index (χ4v) is 7.46. The van der Waals surface area contributed by atoms with Crippen LogP contribution >= 0.6 is 0 Å². The second-order valence-corrected chi connectivity index (χ2v) is 11.7. The Kier molecular flexibility index (Phi) is 5.00. The average molecular weight is 575 g/mol. The van der Waals surface area contributed by atoms with Crippen molar-refractivity contribution in [2.75, 3.05) is 4.90 Å². The van der Waals surface area contributed by atoms with Gasteiger partial charge in [0.15, 0.2) is 0 Å². The van der Waals surface area contributed by atoms with Gasteiger partial charge in [-0.15, -0.1) is 0 Å². The number of nitrogens with zero attached hydrogens (tertiary/aromatic N) is 2. The predicted molar refractivity (Wildman–Crippen MR) is 187 cm³/mol. The molecule has 1 aliphatic heterocycles. The number of fused-ring (bicyclic) bond motifs is 12. The van der Waals surface area contributed by atoms with Crippen molar-refractivity contribution in [3.05, 3.63) is 158 Å². The summed E-state index contributed by atoms with van der Waals surface area (Å²) in [4.78, 5) is 2.41. The molecule has 0 fully saturated rings. The van der Waals surface area contributed by atoms with Gasteiger partial charge in [-0.05, 0) is 66.2 Å². The van der Waals surface area contributed by atoms with E-state index >= 15 is 0 Å². The lowest BCUT2D eigenvalue weighted by molar-refractivity contribution is 0.669. The molecule has 3 heteroatoms. The third-order valence-corrected chi connectivity index (χ3v) is 9.32. The first kappa shape index (κ1) is 24.4. The summed E-state index contributed by atoms with van der Waals surface area (Å²) in [5.74, 6) is 0. The van der Waals surface area contributed by atoms with Gasteiger partial charge >= 0.3 is 0 Å². The first-order valence-corrected chi connectivity index (χ1v) is 15.4. The van der Waals surface area contributed by atoms with Gasteiger partial charge in [-0.2, -0.15) is 0 Å². The van der Waals surface area contributed by atoms with Crippen molar-refractivity contribution in [1.82, 2.24) is 4.57 Å². The molecule has 10 rings (SSSR count). The van der Waals surface area contributed by atoms with Gasteiger partial charge in [-0.1, -0.05) is 97.1 Å². The highest BCUT2D eigenvalue weighted by Crippen LogP contribution is 2.54. The number of para-hydroxylation sites is 5. The van der Waals surface area contributed by atoms with Crippen LogP contribution in [0, 0.1) is 0 Å². The fourth-order valence-electron chi connectivity index (χ4n) is 7.46. The molecule has 0 atom stereocenters. The van der Waals surface area contributed by atoms with Crippen molar-refractivity contribution in [2.45, 2.75) is 0 Å². The third-order valence-electron chi connectivity index (χ3n) is 9.32. The topological polar surface area (TPSA) is 21.3 Å². The molecule has 0 unspecified atom stereocenters. The van der Waals surface area contributed by atoms with Crippen LogP contribution in [0.2, 0.25) is 0 Å². The second-order valence-electron chi connectivity index (χ2n) is 11.7. The Balaban J connectivity index is 1.34. The number of hydrogen-bond acceptors (Lipinski definition) is 2. The molecule has 7 aromatic carbocycles. The van der Waals surface area contributed by atoms with Crippen molar-refractivity contribution in [3.63, 3.8) is 0 Å². The van der Waals surface area contributed by atoms with E-state index in [0.717, 1.165) is 33.3 Å². The highest BCUT2D eigenvalue weighted by Gasteiger charge is 2.29. The van der Waals surface area contributed by atoms with Crippen LogP contribution in [0.1, 0.15) is 0 Å². The Morgan fingerprint density at radius 2 is 1.07 bits per heavy atom. The maximum atomic E-state index is 6.19. The van der Waals surface area contributed by atoms with E-state index in [0.29, 0.717) is 0 Å². The Hall–Kier alpha value is -6.06. The van der Waals surface area contributed by atoms with E-state index < -0.39 is 0 Å². The number of benzene rings is 7. The zero-order valence-electron chi connectivity index (χ0n) is 24.3. The van der Waals surface area contributed by atoms with Crippen molar-refractivity contribution in [2.24, 2.45) is 0 Å². The van der Waals surface area contributed by atoms with Gasteiger partial charge in [0, 0.05) is 49.6 Å². The summed E-state index contributed by atoms with van der Waals surface area (Å²) in [6, 6.07) is 56.7. The number of anilines is 3. The van der Waals surface area contributed by atoms with E-state index in [9.17, 15) is 0 Å². The van der Waals surface area contributed by atoms with E-state index in [1.165, 1.54) is 55.4 Å². The molecule has 0 saturated heterocycles. The molecule has 1 aliphatic rings. The molecule has 0 N–H and O–H groups in total. The molecule has 0 bridgehead atoms. The van der Waals surface area contributed by atoms with E-state index in [-0.39, 0.29) is 0 Å². The maximum absolute atomic E-state index is 6.19. The third kappa shape index (κ3) is 3.41. The van der Waals surface area contributed by atoms with Crippen LogP contribution in [0.5, 0.6) is 0 Å². The van der Waals surface area contributed by atoms with Crippen LogP contribution < -0.4 is 4.90 Å². The summed E-state index contributed by atoms with van der Waals surface area (Å²) in [5.41, 5.74) is 13.7. The fraction of sp³-hybridized carbons (Fsp3) is 0. The molecular weight excluding hydrogens is 548 g/mol. The lowest BCUT2D eigenvalue weighted by Gasteiger charge is -2.27. The first-order chi connectivity index (χ1) is 22.3. The summed E-state index contributed by atoms with van der Waals surface area (Å²) in [7, 11) is 0. The van der Waals surface area contributed by atoms with Crippen LogP contribution in [-0.4, -0.2) is 4.57 Å². The van der Waals surface area contributed by atoms with Crippen LogP contribution in [0.3, 0.4) is 0 Å². The van der Waals surface area contributed by atoms with Gasteiger partial charge in [0.1, 0.15) is 11.2 Å². The lowest BCUT2D eigenvalue weighted by Crippen LogP contribution is -2.10. The SMILES string of the molecule is c1ccc(N2c3ccccc3-c3ccc4c(c3-c3ccccc32)c2ccccc2n4-c2ccc3oc4ccccc4c3c2)cc1. The Bertz CT molecular complexity index is 2610. The molecule has 0 aliphatic carbocycles. The zero-order valence-corrected chi connectivity index (χ0v) is 24.3. The minimum Gasteiger partial charge on any atom is -0.456 e. The largest absolute Gasteiger partial charge is 0.456 e. The number of hydrogen-bond donors (Lipinski definition) is 0. The standard InChI is InChI=1S/C42H26N2O/c1-2-12-27(13-3-1)43-35-18-8-4-14-29(35)31-23-24-38-42(41(31)32-16-5-9-19-36(32)43)33-17-6-10-20-37(33)44(38)28-22-25-40-34(26-28)30-15-7-11-21-39(30)45-40/h1-26H. The van der Waals surface area contributed by atoms with Crippen molar-refractivity contribution < 1.29 is 4.42 Å². The van der Waals surface area contributed by atoms with Gasteiger partial charge < -0.3 is 13.9 Å². The average Bonchev–Trinajstić information content (AvgIpc) is 3.60. The Morgan fingerprint density at radius 3 is 1.93 bits per heavy atom. The number of aromatic nitrogens is 1. The van der Waals surface area contributed by atoms with Gasteiger partial charge in [-0.25, -0.2) is 0 Å². The van der Waals surface area contributed by atoms with Crippen molar-refractivity contribution in [1.29, 1.82) is 0 Å². The number of furan rings is 1. The molecule has 0 spiro atoms. The highest BCUT2D eigenvalue weighted by molar-refractivity contribution is 6.21. The van der Waals surface area contributed by atoms with E-state index in [4.69, 9.17) is 4.42 Å². The van der Waals surface area contributed by atoms with E-state index in [1.54, 1.807) is 0 Å². The van der Waals surface area contributed by atoms with Crippen LogP contribution in [0.4, 0.5) is 17.1 Å².